The Labute approximate surface area is 158 Å². The lowest BCUT2D eigenvalue weighted by Crippen LogP contribution is -2.36. The third-order valence-corrected chi connectivity index (χ3v) is 4.66. The molecule has 0 bridgehead atoms. The van der Waals surface area contributed by atoms with Gasteiger partial charge in [-0.2, -0.15) is 0 Å². The van der Waals surface area contributed by atoms with Crippen LogP contribution in [-0.4, -0.2) is 36.3 Å². The predicted octanol–water partition coefficient (Wildman–Crippen LogP) is 2.45. The van der Waals surface area contributed by atoms with E-state index in [4.69, 9.17) is 5.73 Å². The molecule has 0 atom stereocenters. The maximum absolute atomic E-state index is 12.7. The van der Waals surface area contributed by atoms with E-state index in [1.54, 1.807) is 4.90 Å². The van der Waals surface area contributed by atoms with E-state index in [9.17, 15) is 9.59 Å². The fourth-order valence-corrected chi connectivity index (χ4v) is 3.25. The lowest BCUT2D eigenvalue weighted by Gasteiger charge is -2.21. The average Bonchev–Trinajstić information content (AvgIpc) is 3.06. The number of rotatable bonds is 8. The van der Waals surface area contributed by atoms with Crippen molar-refractivity contribution in [1.82, 2.24) is 10.2 Å². The molecule has 0 aliphatic rings. The zero-order valence-corrected chi connectivity index (χ0v) is 15.9. The first kappa shape index (κ1) is 21.2. The van der Waals surface area contributed by atoms with E-state index in [0.717, 1.165) is 11.3 Å². The van der Waals surface area contributed by atoms with Crippen LogP contribution in [0, 0.1) is 0 Å². The highest BCUT2D eigenvalue weighted by molar-refractivity contribution is 7.14. The van der Waals surface area contributed by atoms with E-state index in [1.807, 2.05) is 30.3 Å². The van der Waals surface area contributed by atoms with Gasteiger partial charge in [-0.15, -0.1) is 23.7 Å². The zero-order chi connectivity index (χ0) is 17.4. The molecule has 1 aromatic heterocycles. The van der Waals surface area contributed by atoms with Crippen molar-refractivity contribution in [2.75, 3.05) is 19.6 Å². The lowest BCUT2D eigenvalue weighted by atomic mass is 10.1. The number of nitrogens with one attached hydrogen (secondary N) is 1. The molecule has 0 saturated carbocycles. The van der Waals surface area contributed by atoms with Crippen LogP contribution in [0.5, 0.6) is 0 Å². The van der Waals surface area contributed by atoms with Gasteiger partial charge in [-0.3, -0.25) is 9.59 Å². The summed E-state index contributed by atoms with van der Waals surface area (Å²) >= 11 is 1.41. The van der Waals surface area contributed by atoms with E-state index in [2.05, 4.69) is 17.4 Å². The van der Waals surface area contributed by atoms with Crippen molar-refractivity contribution < 1.29 is 9.59 Å². The monoisotopic (exact) mass is 381 g/mol. The summed E-state index contributed by atoms with van der Waals surface area (Å²) in [6, 6.07) is 13.8. The predicted molar refractivity (Wildman–Crippen MR) is 104 cm³/mol. The SMILES string of the molecule is CC(=O)NCc1ccc(C(=O)N(CCN)CCc2ccccc2)s1.Cl. The van der Waals surface area contributed by atoms with Crippen LogP contribution in [0.2, 0.25) is 0 Å². The van der Waals surface area contributed by atoms with Crippen molar-refractivity contribution in [1.29, 1.82) is 0 Å². The number of hydrogen-bond donors (Lipinski definition) is 2. The summed E-state index contributed by atoms with van der Waals surface area (Å²) in [7, 11) is 0. The molecule has 3 N–H and O–H groups in total. The number of nitrogens with two attached hydrogens (primary N) is 1. The molecule has 7 heteroatoms. The Balaban J connectivity index is 0.00000312. The average molecular weight is 382 g/mol. The molecule has 0 aliphatic heterocycles. The van der Waals surface area contributed by atoms with Crippen LogP contribution in [-0.2, 0) is 17.8 Å². The molecule has 0 fully saturated rings. The van der Waals surface area contributed by atoms with Gasteiger partial charge in [0, 0.05) is 31.4 Å². The smallest absolute Gasteiger partial charge is 0.263 e. The first-order valence-corrected chi connectivity index (χ1v) is 8.78. The number of amides is 2. The van der Waals surface area contributed by atoms with E-state index in [1.165, 1.54) is 23.8 Å². The van der Waals surface area contributed by atoms with Crippen LogP contribution < -0.4 is 11.1 Å². The first-order valence-electron chi connectivity index (χ1n) is 7.96. The summed E-state index contributed by atoms with van der Waals surface area (Å²) in [5.41, 5.74) is 6.86. The van der Waals surface area contributed by atoms with Crippen molar-refractivity contribution in [3.8, 4) is 0 Å². The van der Waals surface area contributed by atoms with Crippen molar-refractivity contribution in [3.05, 3.63) is 57.8 Å². The van der Waals surface area contributed by atoms with Crippen LogP contribution in [0.1, 0.15) is 27.0 Å². The summed E-state index contributed by atoms with van der Waals surface area (Å²) in [6.07, 6.45) is 0.802. The highest BCUT2D eigenvalue weighted by Crippen LogP contribution is 2.18. The fraction of sp³-hybridized carbons (Fsp3) is 0.333. The molecule has 1 heterocycles. The summed E-state index contributed by atoms with van der Waals surface area (Å²) in [5.74, 6) is -0.0839. The van der Waals surface area contributed by atoms with Crippen molar-refractivity contribution in [2.45, 2.75) is 19.9 Å². The van der Waals surface area contributed by atoms with E-state index in [-0.39, 0.29) is 24.2 Å². The van der Waals surface area contributed by atoms with Gasteiger partial charge in [-0.1, -0.05) is 30.3 Å². The van der Waals surface area contributed by atoms with Gasteiger partial charge in [0.2, 0.25) is 5.91 Å². The van der Waals surface area contributed by atoms with Crippen LogP contribution in [0.3, 0.4) is 0 Å². The number of halogens is 1. The number of thiophene rings is 1. The Morgan fingerprint density at radius 1 is 1.12 bits per heavy atom. The van der Waals surface area contributed by atoms with E-state index >= 15 is 0 Å². The third-order valence-electron chi connectivity index (χ3n) is 3.58. The molecule has 0 saturated heterocycles. The van der Waals surface area contributed by atoms with E-state index < -0.39 is 0 Å². The molecule has 0 radical (unpaired) electrons. The zero-order valence-electron chi connectivity index (χ0n) is 14.2. The van der Waals surface area contributed by atoms with Crippen LogP contribution in [0.4, 0.5) is 0 Å². The summed E-state index contributed by atoms with van der Waals surface area (Å²) < 4.78 is 0. The molecule has 136 valence electrons. The number of carbonyl (C=O) groups is 2. The molecule has 25 heavy (non-hydrogen) atoms. The van der Waals surface area contributed by atoms with Crippen LogP contribution in [0.15, 0.2) is 42.5 Å². The molecule has 2 amide bonds. The van der Waals surface area contributed by atoms with Crippen LogP contribution in [0.25, 0.3) is 0 Å². The minimum atomic E-state index is -0.0797. The molecular weight excluding hydrogens is 358 g/mol. The molecular formula is C18H24ClN3O2S. The van der Waals surface area contributed by atoms with Crippen molar-refractivity contribution in [3.63, 3.8) is 0 Å². The molecule has 2 aromatic rings. The standard InChI is InChI=1S/C18H23N3O2S.ClH/c1-14(22)20-13-16-7-8-17(24-16)18(23)21(12-10-19)11-9-15-5-3-2-4-6-15;/h2-8H,9-13,19H2,1H3,(H,20,22);1H. The molecule has 0 unspecified atom stereocenters. The highest BCUT2D eigenvalue weighted by Gasteiger charge is 2.17. The molecule has 1 aromatic carbocycles. The molecule has 0 spiro atoms. The van der Waals surface area contributed by atoms with Gasteiger partial charge in [0.05, 0.1) is 11.4 Å². The minimum Gasteiger partial charge on any atom is -0.351 e. The van der Waals surface area contributed by atoms with Gasteiger partial charge in [-0.25, -0.2) is 0 Å². The largest absolute Gasteiger partial charge is 0.351 e. The number of hydrogen-bond acceptors (Lipinski definition) is 4. The number of carbonyl (C=O) groups excluding carboxylic acids is 2. The number of benzene rings is 1. The Morgan fingerprint density at radius 3 is 2.48 bits per heavy atom. The van der Waals surface area contributed by atoms with Crippen LogP contribution >= 0.6 is 23.7 Å². The fourth-order valence-electron chi connectivity index (χ4n) is 2.33. The first-order chi connectivity index (χ1) is 11.6. The topological polar surface area (TPSA) is 75.4 Å². The Morgan fingerprint density at radius 2 is 1.84 bits per heavy atom. The Kier molecular flexibility index (Phi) is 9.20. The summed E-state index contributed by atoms with van der Waals surface area (Å²) in [4.78, 5) is 27.1. The number of nitrogens with zero attached hydrogens (tertiary/aromatic N) is 1. The molecule has 2 rings (SSSR count). The van der Waals surface area contributed by atoms with Gasteiger partial charge >= 0.3 is 0 Å². The maximum atomic E-state index is 12.7. The highest BCUT2D eigenvalue weighted by atomic mass is 35.5. The van der Waals surface area contributed by atoms with Crippen molar-refractivity contribution in [2.24, 2.45) is 5.73 Å². The second-order valence-electron chi connectivity index (χ2n) is 5.49. The minimum absolute atomic E-state index is 0. The summed E-state index contributed by atoms with van der Waals surface area (Å²) in [5, 5.41) is 2.74. The van der Waals surface area contributed by atoms with Gasteiger partial charge in [0.15, 0.2) is 0 Å². The maximum Gasteiger partial charge on any atom is 0.263 e. The molecule has 5 nitrogen and oxygen atoms in total. The van der Waals surface area contributed by atoms with Gasteiger partial charge in [-0.05, 0) is 24.1 Å². The molecule has 0 aliphatic carbocycles. The lowest BCUT2D eigenvalue weighted by molar-refractivity contribution is -0.119. The third kappa shape index (κ3) is 6.86. The van der Waals surface area contributed by atoms with Crippen molar-refractivity contribution >= 4 is 35.6 Å². The van der Waals surface area contributed by atoms with E-state index in [0.29, 0.717) is 31.1 Å². The second-order valence-corrected chi connectivity index (χ2v) is 6.66. The van der Waals surface area contributed by atoms with Gasteiger partial charge in [0.25, 0.3) is 5.91 Å². The van der Waals surface area contributed by atoms with Gasteiger partial charge in [0.1, 0.15) is 0 Å². The Hall–Kier alpha value is -1.89. The second kappa shape index (κ2) is 10.9. The quantitative estimate of drug-likeness (QED) is 0.737. The Bertz CT molecular complexity index is 676. The van der Waals surface area contributed by atoms with Gasteiger partial charge < -0.3 is 16.0 Å². The normalized spacial score (nSPS) is 10.0. The summed E-state index contributed by atoms with van der Waals surface area (Å²) in [6.45, 7) is 3.54.